The molecule has 29 heavy (non-hydrogen) atoms. The molecular weight excluding hydrogens is 704 g/mol. The first-order valence-corrected chi connectivity index (χ1v) is 13.4. The summed E-state index contributed by atoms with van der Waals surface area (Å²) < 4.78 is 6.83. The predicted molar refractivity (Wildman–Crippen MR) is 137 cm³/mol. The number of ether oxygens (including phenoxy) is 1. The summed E-state index contributed by atoms with van der Waals surface area (Å²) >= 11 is 16.3. The number of phenolic OH excluding ortho intramolecular Hbond substituents is 1. The predicted octanol–water partition coefficient (Wildman–Crippen LogP) is 7.56. The minimum Gasteiger partial charge on any atom is -0.508 e. The van der Waals surface area contributed by atoms with Crippen molar-refractivity contribution < 1.29 is 19.4 Å². The van der Waals surface area contributed by atoms with Crippen LogP contribution in [0.15, 0.2) is 45.3 Å². The van der Waals surface area contributed by atoms with Crippen LogP contribution in [0.2, 0.25) is 0 Å². The van der Waals surface area contributed by atoms with Crippen molar-refractivity contribution in [3.63, 3.8) is 0 Å². The smallest absolute Gasteiger partial charge is 0.151 e. The second kappa shape index (κ2) is 18.5. The molecule has 0 saturated carbocycles. The molecule has 0 aliphatic carbocycles. The number of benzene rings is 2. The van der Waals surface area contributed by atoms with Gasteiger partial charge in [0.05, 0.1) is 6.61 Å². The van der Waals surface area contributed by atoms with Crippen LogP contribution < -0.4 is 4.74 Å². The van der Waals surface area contributed by atoms with Gasteiger partial charge in [-0.15, -0.1) is 0 Å². The van der Waals surface area contributed by atoms with Crippen molar-refractivity contribution in [1.29, 1.82) is 0 Å². The number of carbonyl (C=O) groups excluding carboxylic acids is 2. The maximum Gasteiger partial charge on any atom is 0.151 e. The first-order chi connectivity index (χ1) is 13.9. The number of phenols is 1. The van der Waals surface area contributed by atoms with E-state index in [1.54, 1.807) is 24.3 Å². The first-order valence-electron chi connectivity index (χ1n) is 8.42. The molecule has 0 saturated heterocycles. The molecule has 0 atom stereocenters. The Balaban J connectivity index is 0.000000455. The van der Waals surface area contributed by atoms with Gasteiger partial charge in [-0.2, -0.15) is 0 Å². The van der Waals surface area contributed by atoms with E-state index < -0.39 is 0 Å². The van der Waals surface area contributed by atoms with Gasteiger partial charge in [0.15, 0.2) is 12.6 Å². The van der Waals surface area contributed by atoms with E-state index in [2.05, 4.69) is 79.6 Å². The third-order valence-electron chi connectivity index (χ3n) is 3.02. The van der Waals surface area contributed by atoms with Crippen molar-refractivity contribution in [3.05, 3.63) is 56.5 Å². The van der Waals surface area contributed by atoms with Crippen molar-refractivity contribution in [3.8, 4) is 11.5 Å². The summed E-state index contributed by atoms with van der Waals surface area (Å²) in [6, 6.07) is 9.83. The normalized spacial score (nSPS) is 9.41. The molecule has 9 heteroatoms. The van der Waals surface area contributed by atoms with E-state index in [9.17, 15) is 9.59 Å². The Morgan fingerprint density at radius 3 is 1.72 bits per heavy atom. The largest absolute Gasteiger partial charge is 0.508 e. The molecule has 2 aromatic carbocycles. The van der Waals surface area contributed by atoms with E-state index in [-0.39, 0.29) is 5.75 Å². The number of carbonyl (C=O) groups is 2. The summed E-state index contributed by atoms with van der Waals surface area (Å²) in [6.45, 7) is 0.679. The average Bonchev–Trinajstić information content (AvgIpc) is 2.70. The van der Waals surface area contributed by atoms with Crippen LogP contribution in [-0.4, -0.2) is 40.3 Å². The molecule has 0 radical (unpaired) electrons. The lowest BCUT2D eigenvalue weighted by molar-refractivity contribution is 0.111. The van der Waals surface area contributed by atoms with Gasteiger partial charge in [-0.3, -0.25) is 9.59 Å². The zero-order valence-corrected chi connectivity index (χ0v) is 23.4. The molecule has 2 aromatic rings. The zero-order chi connectivity index (χ0) is 22.1. The average molecular weight is 725 g/mol. The molecule has 0 amide bonds. The van der Waals surface area contributed by atoms with Crippen LogP contribution in [0.1, 0.15) is 33.6 Å². The Kier molecular flexibility index (Phi) is 18.4. The molecule has 0 spiro atoms. The number of rotatable bonds is 8. The van der Waals surface area contributed by atoms with E-state index in [1.165, 1.54) is 18.6 Å². The van der Waals surface area contributed by atoms with E-state index in [0.29, 0.717) is 22.2 Å². The van der Waals surface area contributed by atoms with Crippen LogP contribution in [0.4, 0.5) is 0 Å². The number of aromatic hydroxyl groups is 1. The first kappa shape index (κ1) is 28.8. The van der Waals surface area contributed by atoms with Gasteiger partial charge in [0.25, 0.3) is 0 Å². The molecule has 4 nitrogen and oxygen atoms in total. The van der Waals surface area contributed by atoms with Crippen molar-refractivity contribution in [1.82, 2.24) is 0 Å². The number of halogens is 5. The molecule has 0 fully saturated rings. The SMILES string of the molecule is BrCCCBr.O=Cc1ccc(O)cc1Br.O=Cc1ccc(OCCCBr)cc1Br. The van der Waals surface area contributed by atoms with E-state index in [1.807, 2.05) is 0 Å². The molecule has 0 aromatic heterocycles. The van der Waals surface area contributed by atoms with Gasteiger partial charge in [-0.1, -0.05) is 47.8 Å². The van der Waals surface area contributed by atoms with Gasteiger partial charge in [-0.25, -0.2) is 0 Å². The standard InChI is InChI=1S/C10H10Br2O2.C7H5BrO2.C3H6Br2/c11-4-1-5-14-9-3-2-8(7-13)10(12)6-9;8-7-3-6(10)2-1-5(7)4-9;4-2-1-3-5/h2-3,6-7H,1,4-5H2;1-4,10H;1-3H2. The summed E-state index contributed by atoms with van der Waals surface area (Å²) in [4.78, 5) is 20.7. The van der Waals surface area contributed by atoms with Gasteiger partial charge >= 0.3 is 0 Å². The zero-order valence-electron chi connectivity index (χ0n) is 15.4. The van der Waals surface area contributed by atoms with Crippen LogP contribution in [0.25, 0.3) is 0 Å². The Hall–Kier alpha value is -0.220. The highest BCUT2D eigenvalue weighted by Crippen LogP contribution is 2.22. The monoisotopic (exact) mass is 720 g/mol. The fourth-order valence-electron chi connectivity index (χ4n) is 1.60. The molecule has 160 valence electrons. The van der Waals surface area contributed by atoms with Crippen LogP contribution in [0.5, 0.6) is 11.5 Å². The van der Waals surface area contributed by atoms with Crippen molar-refractivity contribution in [2.45, 2.75) is 12.8 Å². The summed E-state index contributed by atoms with van der Waals surface area (Å²) in [5.74, 6) is 0.931. The van der Waals surface area contributed by atoms with Crippen LogP contribution >= 0.6 is 79.6 Å². The fourth-order valence-corrected chi connectivity index (χ4v) is 4.05. The molecule has 1 N–H and O–H groups in total. The summed E-state index contributed by atoms with van der Waals surface area (Å²) in [6.07, 6.45) is 3.73. The second-order valence-corrected chi connectivity index (χ2v) is 9.34. The van der Waals surface area contributed by atoms with Crippen molar-refractivity contribution in [2.24, 2.45) is 0 Å². The topological polar surface area (TPSA) is 63.6 Å². The third kappa shape index (κ3) is 13.6. The maximum atomic E-state index is 10.5. The molecule has 0 aliphatic rings. The number of aldehydes is 2. The Bertz CT molecular complexity index is 739. The summed E-state index contributed by atoms with van der Waals surface area (Å²) in [5, 5.41) is 12.0. The number of hydrogen-bond donors (Lipinski definition) is 1. The molecule has 0 aliphatic heterocycles. The Morgan fingerprint density at radius 2 is 1.31 bits per heavy atom. The van der Waals surface area contributed by atoms with Crippen LogP contribution in [0.3, 0.4) is 0 Å². The maximum absolute atomic E-state index is 10.5. The van der Waals surface area contributed by atoms with E-state index >= 15 is 0 Å². The fraction of sp³-hybridized carbons (Fsp3) is 0.300. The van der Waals surface area contributed by atoms with Gasteiger partial charge in [-0.05, 0) is 81.1 Å². The minimum atomic E-state index is 0.150. The molecule has 2 rings (SSSR count). The number of alkyl halides is 3. The molecule has 0 heterocycles. The third-order valence-corrected chi connectivity index (χ3v) is 6.08. The van der Waals surface area contributed by atoms with Gasteiger partial charge < -0.3 is 9.84 Å². The summed E-state index contributed by atoms with van der Waals surface area (Å²) in [7, 11) is 0. The molecule has 0 bridgehead atoms. The lowest BCUT2D eigenvalue weighted by Gasteiger charge is -2.05. The van der Waals surface area contributed by atoms with E-state index in [0.717, 1.165) is 45.2 Å². The lowest BCUT2D eigenvalue weighted by Crippen LogP contribution is -1.97. The quantitative estimate of drug-likeness (QED) is 0.174. The van der Waals surface area contributed by atoms with Gasteiger partial charge in [0, 0.05) is 36.1 Å². The van der Waals surface area contributed by atoms with Crippen molar-refractivity contribution in [2.75, 3.05) is 22.6 Å². The highest BCUT2D eigenvalue weighted by atomic mass is 79.9. The van der Waals surface area contributed by atoms with Crippen LogP contribution in [0, 0.1) is 0 Å². The second-order valence-electron chi connectivity index (χ2n) is 5.25. The Morgan fingerprint density at radius 1 is 0.793 bits per heavy atom. The number of hydrogen-bond acceptors (Lipinski definition) is 4. The van der Waals surface area contributed by atoms with Gasteiger partial charge in [0.1, 0.15) is 11.5 Å². The Labute approximate surface area is 213 Å². The highest BCUT2D eigenvalue weighted by Gasteiger charge is 2.00. The van der Waals surface area contributed by atoms with Crippen molar-refractivity contribution >= 4 is 92.2 Å². The highest BCUT2D eigenvalue weighted by molar-refractivity contribution is 9.11. The molecule has 0 unspecified atom stereocenters. The minimum absolute atomic E-state index is 0.150. The van der Waals surface area contributed by atoms with Gasteiger partial charge in [0.2, 0.25) is 0 Å². The van der Waals surface area contributed by atoms with E-state index in [4.69, 9.17) is 9.84 Å². The van der Waals surface area contributed by atoms with Crippen LogP contribution in [-0.2, 0) is 0 Å². The summed E-state index contributed by atoms with van der Waals surface area (Å²) in [5.41, 5.74) is 1.18. The molecular formula is C20H21Br5O4. The lowest BCUT2D eigenvalue weighted by atomic mass is 10.2.